The third-order valence-electron chi connectivity index (χ3n) is 0.698. The lowest BCUT2D eigenvalue weighted by Crippen LogP contribution is -2.23. The number of nitrogens with zero attached hydrogens (tertiary/aromatic N) is 1. The lowest BCUT2D eigenvalue weighted by Gasteiger charge is -2.26. The molecule has 0 bridgehead atoms. The van der Waals surface area contributed by atoms with Crippen molar-refractivity contribution in [3.63, 3.8) is 0 Å². The number of esters is 1. The molecule has 3 heteroatoms. The quantitative estimate of drug-likeness (QED) is 0.248. The van der Waals surface area contributed by atoms with Crippen LogP contribution in [0.2, 0.25) is 0 Å². The van der Waals surface area contributed by atoms with Crippen molar-refractivity contribution in [1.29, 1.82) is 0 Å². The smallest absolute Gasteiger partial charge is 0.307 e. The molecule has 58 valence electrons. The van der Waals surface area contributed by atoms with Crippen molar-refractivity contribution in [2.24, 2.45) is 0 Å². The van der Waals surface area contributed by atoms with Gasteiger partial charge in [-0.1, -0.05) is 0 Å². The molecule has 0 heterocycles. The monoisotopic (exact) mass is 143 g/mol. The first kappa shape index (κ1) is 9.17. The summed E-state index contributed by atoms with van der Waals surface area (Å²) in [5, 5.41) is 0. The molecule has 0 spiro atoms. The van der Waals surface area contributed by atoms with Gasteiger partial charge in [-0.05, 0) is 0 Å². The fourth-order valence-corrected chi connectivity index (χ4v) is 0.291. The summed E-state index contributed by atoms with van der Waals surface area (Å²) >= 11 is 0. The van der Waals surface area contributed by atoms with E-state index in [9.17, 15) is 4.79 Å². The van der Waals surface area contributed by atoms with Crippen molar-refractivity contribution in [2.45, 2.75) is 6.92 Å². The van der Waals surface area contributed by atoms with Gasteiger partial charge in [0.05, 0.1) is 0 Å². The number of hydrogen-bond acceptors (Lipinski definition) is 2. The van der Waals surface area contributed by atoms with E-state index in [2.05, 4.69) is 11.8 Å². The summed E-state index contributed by atoms with van der Waals surface area (Å²) < 4.78 is 4.94. The van der Waals surface area contributed by atoms with Gasteiger partial charge in [-0.15, -0.1) is 7.05 Å². The number of hydrogen-bond donors (Lipinski definition) is 0. The van der Waals surface area contributed by atoms with E-state index in [1.54, 1.807) is 6.20 Å². The standard InChI is InChI=1S/C7H13NO2/c1-7(9)10-6-5-8(2,3)4/h5-6H,2H2,1,3-4H3. The lowest BCUT2D eigenvalue weighted by molar-refractivity contribution is -0.791. The van der Waals surface area contributed by atoms with Gasteiger partial charge in [-0.3, -0.25) is 4.79 Å². The van der Waals surface area contributed by atoms with Crippen molar-refractivity contribution in [1.82, 2.24) is 0 Å². The predicted octanol–water partition coefficient (Wildman–Crippen LogP) is 0.889. The van der Waals surface area contributed by atoms with E-state index in [1.807, 2.05) is 14.1 Å². The Hall–Kier alpha value is -0.830. The molecule has 0 aliphatic carbocycles. The molecule has 0 radical (unpaired) electrons. The Morgan fingerprint density at radius 1 is 1.60 bits per heavy atom. The average Bonchev–Trinajstić information content (AvgIpc) is 1.59. The predicted molar refractivity (Wildman–Crippen MR) is 38.4 cm³/mol. The first-order valence-electron chi connectivity index (χ1n) is 2.95. The average molecular weight is 143 g/mol. The third-order valence-corrected chi connectivity index (χ3v) is 0.698. The Labute approximate surface area is 61.5 Å². The van der Waals surface area contributed by atoms with Crippen molar-refractivity contribution in [2.75, 3.05) is 14.1 Å². The van der Waals surface area contributed by atoms with Crippen molar-refractivity contribution in [3.8, 4) is 0 Å². The van der Waals surface area contributed by atoms with Gasteiger partial charge >= 0.3 is 5.97 Å². The van der Waals surface area contributed by atoms with Crippen LogP contribution in [0.5, 0.6) is 0 Å². The summed E-state index contributed by atoms with van der Waals surface area (Å²) in [4.78, 5) is 10.2. The number of rotatable bonds is 2. The molecule has 0 atom stereocenters. The zero-order chi connectivity index (χ0) is 8.20. The second-order valence-corrected chi connectivity index (χ2v) is 2.67. The molecule has 0 aliphatic heterocycles. The Balaban J connectivity index is 3.67. The van der Waals surface area contributed by atoms with Crippen LogP contribution in [0.4, 0.5) is 0 Å². The first-order valence-corrected chi connectivity index (χ1v) is 2.95. The second kappa shape index (κ2) is 3.37. The summed E-state index contributed by atoms with van der Waals surface area (Å²) in [5.41, 5.74) is 0. The van der Waals surface area contributed by atoms with E-state index in [1.165, 1.54) is 13.2 Å². The van der Waals surface area contributed by atoms with Crippen LogP contribution in [-0.4, -0.2) is 24.5 Å². The highest BCUT2D eigenvalue weighted by atomic mass is 16.5. The van der Waals surface area contributed by atoms with Gasteiger partial charge in [0.2, 0.25) is 0 Å². The van der Waals surface area contributed by atoms with Crippen LogP contribution in [0.15, 0.2) is 12.5 Å². The van der Waals surface area contributed by atoms with Gasteiger partial charge in [0.1, 0.15) is 12.5 Å². The molecular weight excluding hydrogens is 130 g/mol. The van der Waals surface area contributed by atoms with Gasteiger partial charge in [0.25, 0.3) is 0 Å². The maximum absolute atomic E-state index is 10.2. The molecule has 0 aliphatic rings. The fraction of sp³-hybridized carbons (Fsp3) is 0.429. The van der Waals surface area contributed by atoms with Crippen LogP contribution in [-0.2, 0) is 9.53 Å². The molecule has 10 heavy (non-hydrogen) atoms. The molecule has 0 saturated heterocycles. The number of quaternary nitrogens is 1. The second-order valence-electron chi connectivity index (χ2n) is 2.67. The molecule has 0 aromatic carbocycles. The molecule has 0 rings (SSSR count). The van der Waals surface area contributed by atoms with Crippen LogP contribution < -0.4 is 0 Å². The molecule has 3 nitrogen and oxygen atoms in total. The van der Waals surface area contributed by atoms with Crippen LogP contribution in [0.3, 0.4) is 0 Å². The summed E-state index contributed by atoms with van der Waals surface area (Å²) in [5.74, 6) is -0.315. The zero-order valence-corrected chi connectivity index (χ0v) is 6.63. The van der Waals surface area contributed by atoms with E-state index >= 15 is 0 Å². The van der Waals surface area contributed by atoms with E-state index in [-0.39, 0.29) is 5.97 Å². The van der Waals surface area contributed by atoms with Crippen LogP contribution in [0.25, 0.3) is 0 Å². The largest absolute Gasteiger partial charge is 0.432 e. The maximum atomic E-state index is 10.2. The Bertz CT molecular complexity index is 144. The van der Waals surface area contributed by atoms with Crippen molar-refractivity contribution < 1.29 is 14.0 Å². The van der Waals surface area contributed by atoms with E-state index in [4.69, 9.17) is 0 Å². The SMILES string of the molecule is [CH2-][N+](C)(C)C=COC(C)=O. The van der Waals surface area contributed by atoms with Crippen molar-refractivity contribution >= 4 is 5.97 Å². The third kappa shape index (κ3) is 7.17. The minimum absolute atomic E-state index is 0.315. The fourth-order valence-electron chi connectivity index (χ4n) is 0.291. The summed E-state index contributed by atoms with van der Waals surface area (Å²) in [7, 11) is 7.45. The minimum atomic E-state index is -0.315. The lowest BCUT2D eigenvalue weighted by atomic mass is 10.7. The van der Waals surface area contributed by atoms with Crippen LogP contribution >= 0.6 is 0 Å². The summed E-state index contributed by atoms with van der Waals surface area (Å²) in [6.45, 7) is 1.35. The molecular formula is C7H13NO2. The Morgan fingerprint density at radius 3 is 2.40 bits per heavy atom. The molecule has 0 aromatic rings. The highest BCUT2D eigenvalue weighted by molar-refractivity contribution is 5.66. The topological polar surface area (TPSA) is 26.3 Å². The van der Waals surface area contributed by atoms with Gasteiger partial charge in [-0.2, -0.15) is 0 Å². The van der Waals surface area contributed by atoms with Gasteiger partial charge in [-0.25, -0.2) is 0 Å². The van der Waals surface area contributed by atoms with Gasteiger partial charge in [0.15, 0.2) is 0 Å². The summed E-state index contributed by atoms with van der Waals surface area (Å²) in [6, 6.07) is 0. The van der Waals surface area contributed by atoms with Gasteiger partial charge in [0, 0.05) is 21.0 Å². The molecule has 0 saturated carbocycles. The first-order chi connectivity index (χ1) is 4.42. The van der Waals surface area contributed by atoms with Crippen LogP contribution in [0, 0.1) is 7.05 Å². The van der Waals surface area contributed by atoms with E-state index in [0.717, 1.165) is 0 Å². The van der Waals surface area contributed by atoms with E-state index < -0.39 is 0 Å². The Kier molecular flexibility index (Phi) is 3.09. The number of carbonyl (C=O) groups excluding carboxylic acids is 1. The zero-order valence-electron chi connectivity index (χ0n) is 6.63. The highest BCUT2D eigenvalue weighted by Crippen LogP contribution is 1.93. The number of carbonyl (C=O) groups is 1. The van der Waals surface area contributed by atoms with E-state index in [0.29, 0.717) is 4.48 Å². The number of ether oxygens (including phenoxy) is 1. The van der Waals surface area contributed by atoms with Crippen LogP contribution in [0.1, 0.15) is 6.92 Å². The Morgan fingerprint density at radius 2 is 2.10 bits per heavy atom. The molecule has 0 N–H and O–H groups in total. The van der Waals surface area contributed by atoms with Gasteiger partial charge < -0.3 is 9.22 Å². The van der Waals surface area contributed by atoms with Crippen molar-refractivity contribution in [3.05, 3.63) is 19.5 Å². The molecule has 0 amide bonds. The summed E-state index contributed by atoms with van der Waals surface area (Å²) in [6.07, 6.45) is 3.01. The highest BCUT2D eigenvalue weighted by Gasteiger charge is 1.92. The normalized spacial score (nSPS) is 12.0. The molecule has 0 unspecified atom stereocenters. The molecule has 0 aromatic heterocycles. The maximum Gasteiger partial charge on any atom is 0.307 e. The minimum Gasteiger partial charge on any atom is -0.432 e. The molecule has 0 fully saturated rings.